The van der Waals surface area contributed by atoms with E-state index in [0.717, 1.165) is 5.56 Å². The summed E-state index contributed by atoms with van der Waals surface area (Å²) in [5.41, 5.74) is 2.69. The minimum absolute atomic E-state index is 0.271. The number of carbonyl (C=O) groups excluding carboxylic acids is 1. The predicted octanol–water partition coefficient (Wildman–Crippen LogP) is 3.81. The number of hydrogen-bond donors (Lipinski definition) is 1. The van der Waals surface area contributed by atoms with Gasteiger partial charge in [-0.1, -0.05) is 41.9 Å². The number of hydrogen-bond acceptors (Lipinski definition) is 4. The van der Waals surface area contributed by atoms with Gasteiger partial charge >= 0.3 is 0 Å². The molecule has 3 aromatic rings. The summed E-state index contributed by atoms with van der Waals surface area (Å²) in [7, 11) is 0. The van der Waals surface area contributed by atoms with Crippen molar-refractivity contribution in [3.8, 4) is 0 Å². The van der Waals surface area contributed by atoms with Gasteiger partial charge in [0.1, 0.15) is 5.52 Å². The molecule has 0 aliphatic rings. The van der Waals surface area contributed by atoms with E-state index in [1.807, 2.05) is 30.3 Å². The van der Waals surface area contributed by atoms with Crippen LogP contribution >= 0.6 is 11.6 Å². The van der Waals surface area contributed by atoms with Crippen LogP contribution in [0.15, 0.2) is 59.1 Å². The van der Waals surface area contributed by atoms with Crippen molar-refractivity contribution in [1.82, 2.24) is 10.3 Å². The Morgan fingerprint density at radius 2 is 2.05 bits per heavy atom. The average molecular weight is 313 g/mol. The van der Waals surface area contributed by atoms with Gasteiger partial charge in [0.25, 0.3) is 0 Å². The molecule has 3 rings (SSSR count). The summed E-state index contributed by atoms with van der Waals surface area (Å²) >= 11 is 5.91. The maximum atomic E-state index is 11.3. The third-order valence-corrected chi connectivity index (χ3v) is 3.37. The minimum Gasteiger partial charge on any atom is -0.436 e. The van der Waals surface area contributed by atoms with Crippen molar-refractivity contribution in [2.45, 2.75) is 6.54 Å². The van der Waals surface area contributed by atoms with E-state index >= 15 is 0 Å². The largest absolute Gasteiger partial charge is 0.436 e. The molecule has 1 N–H and O–H groups in total. The molecule has 0 radical (unpaired) electrons. The molecule has 0 spiro atoms. The number of aromatic nitrogens is 1. The summed E-state index contributed by atoms with van der Waals surface area (Å²) in [5, 5.41) is 3.66. The molecular weight excluding hydrogens is 300 g/mol. The Balaban J connectivity index is 1.79. The van der Waals surface area contributed by atoms with Gasteiger partial charge in [-0.25, -0.2) is 4.98 Å². The molecule has 1 aromatic heterocycles. The van der Waals surface area contributed by atoms with Gasteiger partial charge in [-0.05, 0) is 23.8 Å². The summed E-state index contributed by atoms with van der Waals surface area (Å²) in [6.45, 7) is 0.615. The van der Waals surface area contributed by atoms with Crippen molar-refractivity contribution in [1.29, 1.82) is 0 Å². The number of rotatable bonds is 5. The van der Waals surface area contributed by atoms with Gasteiger partial charge in [-0.3, -0.25) is 4.79 Å². The highest BCUT2D eigenvalue weighted by Gasteiger charge is 2.10. The molecule has 0 atom stereocenters. The van der Waals surface area contributed by atoms with Crippen LogP contribution in [0.5, 0.6) is 0 Å². The molecule has 22 heavy (non-hydrogen) atoms. The molecule has 0 bridgehead atoms. The molecule has 2 aromatic carbocycles. The second kappa shape index (κ2) is 6.45. The monoisotopic (exact) mass is 312 g/mol. The molecule has 0 fully saturated rings. The number of benzene rings is 2. The van der Waals surface area contributed by atoms with Crippen LogP contribution in [0, 0.1) is 0 Å². The van der Waals surface area contributed by atoms with E-state index in [1.165, 1.54) is 0 Å². The minimum atomic E-state index is 0.271. The molecular formula is C17H13ClN2O2. The van der Waals surface area contributed by atoms with Gasteiger partial charge in [0, 0.05) is 17.8 Å². The second-order valence-corrected chi connectivity index (χ2v) is 5.15. The number of halogens is 1. The van der Waals surface area contributed by atoms with Crippen molar-refractivity contribution in [3.05, 3.63) is 71.2 Å². The lowest BCUT2D eigenvalue weighted by molar-refractivity contribution is -0.103. The summed E-state index contributed by atoms with van der Waals surface area (Å²) in [5.74, 6) is 0.271. The summed E-state index contributed by atoms with van der Waals surface area (Å²) in [4.78, 5) is 15.5. The summed E-state index contributed by atoms with van der Waals surface area (Å²) < 4.78 is 5.57. The molecule has 0 saturated carbocycles. The smallest absolute Gasteiger partial charge is 0.232 e. The normalized spacial score (nSPS) is 11.6. The fraction of sp³-hybridized carbons (Fsp3) is 0.0588. The van der Waals surface area contributed by atoms with Gasteiger partial charge in [-0.2, -0.15) is 0 Å². The summed E-state index contributed by atoms with van der Waals surface area (Å²) in [6, 6.07) is 15.0. The maximum Gasteiger partial charge on any atom is 0.232 e. The van der Waals surface area contributed by atoms with Gasteiger partial charge in [0.2, 0.25) is 5.89 Å². The lowest BCUT2D eigenvalue weighted by Crippen LogP contribution is -2.06. The van der Waals surface area contributed by atoms with Gasteiger partial charge in [0.05, 0.1) is 5.57 Å². The van der Waals surface area contributed by atoms with E-state index in [2.05, 4.69) is 10.3 Å². The van der Waals surface area contributed by atoms with Crippen LogP contribution in [0.1, 0.15) is 11.5 Å². The molecule has 1 heterocycles. The van der Waals surface area contributed by atoms with E-state index in [9.17, 15) is 4.79 Å². The molecule has 5 heteroatoms. The van der Waals surface area contributed by atoms with E-state index in [4.69, 9.17) is 16.0 Å². The van der Waals surface area contributed by atoms with E-state index in [0.29, 0.717) is 34.5 Å². The van der Waals surface area contributed by atoms with Crippen molar-refractivity contribution in [2.75, 3.05) is 0 Å². The Morgan fingerprint density at radius 3 is 2.82 bits per heavy atom. The van der Waals surface area contributed by atoms with Crippen LogP contribution in [-0.2, 0) is 11.3 Å². The highest BCUT2D eigenvalue weighted by atomic mass is 35.5. The van der Waals surface area contributed by atoms with Gasteiger partial charge < -0.3 is 9.73 Å². The summed E-state index contributed by atoms with van der Waals surface area (Å²) in [6.07, 6.45) is 2.32. The first kappa shape index (κ1) is 14.4. The fourth-order valence-electron chi connectivity index (χ4n) is 2.04. The molecule has 0 amide bonds. The lowest BCUT2D eigenvalue weighted by atomic mass is 10.2. The number of allylic oxidation sites excluding steroid dienone is 1. The van der Waals surface area contributed by atoms with Crippen molar-refractivity contribution in [3.63, 3.8) is 0 Å². The SMILES string of the molecule is O=CC(=CNCc1ccccc1)c1nc2cc(Cl)ccc2o1. The van der Waals surface area contributed by atoms with Crippen molar-refractivity contribution in [2.24, 2.45) is 0 Å². The molecule has 0 saturated heterocycles. The Hall–Kier alpha value is -2.59. The second-order valence-electron chi connectivity index (χ2n) is 4.72. The number of nitrogens with one attached hydrogen (secondary N) is 1. The van der Waals surface area contributed by atoms with Crippen LogP contribution < -0.4 is 5.32 Å². The number of nitrogens with zero attached hydrogens (tertiary/aromatic N) is 1. The van der Waals surface area contributed by atoms with E-state index < -0.39 is 0 Å². The zero-order valence-corrected chi connectivity index (χ0v) is 12.4. The highest BCUT2D eigenvalue weighted by Crippen LogP contribution is 2.22. The van der Waals surface area contributed by atoms with Crippen LogP contribution in [-0.4, -0.2) is 11.3 Å². The number of oxazole rings is 1. The van der Waals surface area contributed by atoms with Crippen LogP contribution in [0.2, 0.25) is 5.02 Å². The third-order valence-electron chi connectivity index (χ3n) is 3.13. The molecule has 0 aliphatic heterocycles. The Bertz CT molecular complexity index is 825. The first-order valence-corrected chi connectivity index (χ1v) is 7.13. The van der Waals surface area contributed by atoms with E-state index in [1.54, 1.807) is 24.4 Å². The van der Waals surface area contributed by atoms with Crippen LogP contribution in [0.3, 0.4) is 0 Å². The van der Waals surface area contributed by atoms with Gasteiger partial charge in [0.15, 0.2) is 11.9 Å². The van der Waals surface area contributed by atoms with Crippen LogP contribution in [0.25, 0.3) is 16.7 Å². The van der Waals surface area contributed by atoms with E-state index in [-0.39, 0.29) is 5.89 Å². The Labute approximate surface area is 132 Å². The standard InChI is InChI=1S/C17H13ClN2O2/c18-14-6-7-16-15(8-14)20-17(22-16)13(11-21)10-19-9-12-4-2-1-3-5-12/h1-8,10-11,19H,9H2. The lowest BCUT2D eigenvalue weighted by Gasteiger charge is -2.01. The quantitative estimate of drug-likeness (QED) is 0.575. The number of aldehydes is 1. The van der Waals surface area contributed by atoms with Crippen LogP contribution in [0.4, 0.5) is 0 Å². The molecule has 0 unspecified atom stereocenters. The zero-order valence-electron chi connectivity index (χ0n) is 11.6. The number of fused-ring (bicyclic) bond motifs is 1. The van der Waals surface area contributed by atoms with Gasteiger partial charge in [-0.15, -0.1) is 0 Å². The predicted molar refractivity (Wildman–Crippen MR) is 86.3 cm³/mol. The van der Waals surface area contributed by atoms with Crippen molar-refractivity contribution >= 4 is 34.6 Å². The number of carbonyl (C=O) groups is 1. The average Bonchev–Trinajstić information content (AvgIpc) is 2.95. The third kappa shape index (κ3) is 3.18. The molecule has 4 nitrogen and oxygen atoms in total. The van der Waals surface area contributed by atoms with Crippen molar-refractivity contribution < 1.29 is 9.21 Å². The Kier molecular flexibility index (Phi) is 4.21. The fourth-order valence-corrected chi connectivity index (χ4v) is 2.21. The first-order chi connectivity index (χ1) is 10.8. The topological polar surface area (TPSA) is 55.1 Å². The zero-order chi connectivity index (χ0) is 15.4. The molecule has 0 aliphatic carbocycles. The maximum absolute atomic E-state index is 11.3. The molecule has 110 valence electrons. The Morgan fingerprint density at radius 1 is 1.23 bits per heavy atom. The highest BCUT2D eigenvalue weighted by molar-refractivity contribution is 6.31. The first-order valence-electron chi connectivity index (χ1n) is 6.75.